The molecule has 1 rings (SSSR count). The Kier molecular flexibility index (Phi) is 4.29. The Hall–Kier alpha value is -1.06. The van der Waals surface area contributed by atoms with Crippen molar-refractivity contribution in [3.05, 3.63) is 0 Å². The number of aliphatic carboxylic acids is 1. The van der Waals surface area contributed by atoms with Crippen LogP contribution in [0.1, 0.15) is 38.5 Å². The molecular formula is C9H15NO3. The summed E-state index contributed by atoms with van der Waals surface area (Å²) in [5.74, 6) is -0.974. The van der Waals surface area contributed by atoms with Gasteiger partial charge in [-0.05, 0) is 25.7 Å². The van der Waals surface area contributed by atoms with E-state index in [9.17, 15) is 4.79 Å². The maximum Gasteiger partial charge on any atom is 0.344 e. The highest BCUT2D eigenvalue weighted by atomic mass is 16.6. The standard InChI is InChI=1S/C9H15NO3/c11-9(12)7-13-10-8-5-3-1-2-4-6-8/h1-7H2,(H,11,12). The van der Waals surface area contributed by atoms with Crippen molar-refractivity contribution in [2.45, 2.75) is 38.5 Å². The van der Waals surface area contributed by atoms with Crippen LogP contribution in [0, 0.1) is 0 Å². The molecule has 0 bridgehead atoms. The second-order valence-corrected chi connectivity index (χ2v) is 3.24. The number of carboxylic acids is 1. The van der Waals surface area contributed by atoms with Gasteiger partial charge in [0.25, 0.3) is 0 Å². The summed E-state index contributed by atoms with van der Waals surface area (Å²) < 4.78 is 0. The lowest BCUT2D eigenvalue weighted by Crippen LogP contribution is -2.05. The SMILES string of the molecule is O=C(O)CON=C1CCCCCC1. The molecule has 1 aliphatic rings. The van der Waals surface area contributed by atoms with Gasteiger partial charge < -0.3 is 9.94 Å². The Morgan fingerprint density at radius 1 is 1.31 bits per heavy atom. The summed E-state index contributed by atoms with van der Waals surface area (Å²) in [5, 5.41) is 12.1. The molecule has 1 N–H and O–H groups in total. The summed E-state index contributed by atoms with van der Waals surface area (Å²) in [4.78, 5) is 14.8. The van der Waals surface area contributed by atoms with Crippen LogP contribution in [0.25, 0.3) is 0 Å². The lowest BCUT2D eigenvalue weighted by atomic mass is 10.2. The molecule has 0 radical (unpaired) electrons. The summed E-state index contributed by atoms with van der Waals surface area (Å²) >= 11 is 0. The Labute approximate surface area is 77.6 Å². The quantitative estimate of drug-likeness (QED) is 0.538. The van der Waals surface area contributed by atoms with E-state index in [0.717, 1.165) is 31.4 Å². The van der Waals surface area contributed by atoms with E-state index in [1.807, 2.05) is 0 Å². The number of nitrogens with zero attached hydrogens (tertiary/aromatic N) is 1. The van der Waals surface area contributed by atoms with Gasteiger partial charge in [0.15, 0.2) is 0 Å². The third kappa shape index (κ3) is 4.50. The van der Waals surface area contributed by atoms with Gasteiger partial charge in [0.05, 0.1) is 5.71 Å². The van der Waals surface area contributed by atoms with Gasteiger partial charge >= 0.3 is 5.97 Å². The molecule has 1 saturated carbocycles. The zero-order valence-electron chi connectivity index (χ0n) is 7.66. The number of carboxylic acid groups (broad SMARTS) is 1. The fourth-order valence-corrected chi connectivity index (χ4v) is 1.41. The molecule has 0 heterocycles. The van der Waals surface area contributed by atoms with Crippen LogP contribution in [0.3, 0.4) is 0 Å². The molecule has 0 aromatic rings. The van der Waals surface area contributed by atoms with Gasteiger partial charge in [-0.1, -0.05) is 18.0 Å². The fraction of sp³-hybridized carbons (Fsp3) is 0.778. The molecule has 0 aromatic carbocycles. The van der Waals surface area contributed by atoms with Crippen molar-refractivity contribution in [3.63, 3.8) is 0 Å². The molecule has 0 amide bonds. The van der Waals surface area contributed by atoms with Crippen molar-refractivity contribution in [1.29, 1.82) is 0 Å². The van der Waals surface area contributed by atoms with Crippen molar-refractivity contribution in [2.24, 2.45) is 5.16 Å². The molecule has 4 heteroatoms. The normalized spacial score (nSPS) is 17.7. The number of hydrogen-bond acceptors (Lipinski definition) is 3. The molecule has 0 unspecified atom stereocenters. The first-order chi connectivity index (χ1) is 6.29. The van der Waals surface area contributed by atoms with Crippen LogP contribution in [0.2, 0.25) is 0 Å². The molecule has 0 aromatic heterocycles. The van der Waals surface area contributed by atoms with Crippen LogP contribution >= 0.6 is 0 Å². The summed E-state index contributed by atoms with van der Waals surface area (Å²) in [5.41, 5.74) is 1.01. The first-order valence-corrected chi connectivity index (χ1v) is 4.68. The van der Waals surface area contributed by atoms with Crippen LogP contribution in [0.15, 0.2) is 5.16 Å². The predicted octanol–water partition coefficient (Wildman–Crippen LogP) is 1.80. The van der Waals surface area contributed by atoms with Crippen LogP contribution in [-0.4, -0.2) is 23.4 Å². The first-order valence-electron chi connectivity index (χ1n) is 4.68. The van der Waals surface area contributed by atoms with E-state index in [1.165, 1.54) is 12.8 Å². The Balaban J connectivity index is 2.26. The number of carbonyl (C=O) groups is 1. The van der Waals surface area contributed by atoms with Gasteiger partial charge in [-0.15, -0.1) is 0 Å². The topological polar surface area (TPSA) is 58.9 Å². The highest BCUT2D eigenvalue weighted by Gasteiger charge is 2.06. The zero-order valence-corrected chi connectivity index (χ0v) is 7.66. The van der Waals surface area contributed by atoms with E-state index in [4.69, 9.17) is 5.11 Å². The van der Waals surface area contributed by atoms with Crippen LogP contribution in [-0.2, 0) is 9.63 Å². The van der Waals surface area contributed by atoms with E-state index < -0.39 is 5.97 Å². The molecule has 1 fully saturated rings. The van der Waals surface area contributed by atoms with E-state index in [2.05, 4.69) is 9.99 Å². The van der Waals surface area contributed by atoms with Gasteiger partial charge in [-0.3, -0.25) is 0 Å². The predicted molar refractivity (Wildman–Crippen MR) is 48.7 cm³/mol. The minimum Gasteiger partial charge on any atom is -0.479 e. The van der Waals surface area contributed by atoms with E-state index in [-0.39, 0.29) is 6.61 Å². The monoisotopic (exact) mass is 185 g/mol. The Morgan fingerprint density at radius 3 is 2.46 bits per heavy atom. The number of oxime groups is 1. The molecule has 0 spiro atoms. The van der Waals surface area contributed by atoms with E-state index >= 15 is 0 Å². The van der Waals surface area contributed by atoms with Gasteiger partial charge in [0, 0.05) is 0 Å². The number of rotatable bonds is 3. The van der Waals surface area contributed by atoms with Crippen LogP contribution in [0.5, 0.6) is 0 Å². The molecule has 0 atom stereocenters. The van der Waals surface area contributed by atoms with Crippen molar-refractivity contribution in [1.82, 2.24) is 0 Å². The second kappa shape index (κ2) is 5.56. The summed E-state index contributed by atoms with van der Waals surface area (Å²) in [7, 11) is 0. The maximum atomic E-state index is 10.1. The van der Waals surface area contributed by atoms with Gasteiger partial charge in [0.2, 0.25) is 6.61 Å². The fourth-order valence-electron chi connectivity index (χ4n) is 1.41. The molecule has 0 saturated heterocycles. The van der Waals surface area contributed by atoms with Crippen molar-refractivity contribution in [3.8, 4) is 0 Å². The molecule has 74 valence electrons. The second-order valence-electron chi connectivity index (χ2n) is 3.24. The molecule has 1 aliphatic carbocycles. The highest BCUT2D eigenvalue weighted by molar-refractivity contribution is 5.84. The third-order valence-electron chi connectivity index (χ3n) is 2.06. The molecular weight excluding hydrogens is 170 g/mol. The third-order valence-corrected chi connectivity index (χ3v) is 2.06. The van der Waals surface area contributed by atoms with E-state index in [0.29, 0.717) is 0 Å². The zero-order chi connectivity index (χ0) is 9.52. The van der Waals surface area contributed by atoms with Gasteiger partial charge in [-0.2, -0.15) is 0 Å². The average molecular weight is 185 g/mol. The minimum atomic E-state index is -0.974. The average Bonchev–Trinajstić information content (AvgIpc) is 2.32. The largest absolute Gasteiger partial charge is 0.479 e. The van der Waals surface area contributed by atoms with Gasteiger partial charge in [0.1, 0.15) is 0 Å². The molecule has 13 heavy (non-hydrogen) atoms. The van der Waals surface area contributed by atoms with E-state index in [1.54, 1.807) is 0 Å². The number of hydrogen-bond donors (Lipinski definition) is 1. The summed E-state index contributed by atoms with van der Waals surface area (Å²) in [6, 6.07) is 0. The summed E-state index contributed by atoms with van der Waals surface area (Å²) in [6.07, 6.45) is 6.71. The van der Waals surface area contributed by atoms with Crippen molar-refractivity contribution < 1.29 is 14.7 Å². The Bertz CT molecular complexity index is 191. The van der Waals surface area contributed by atoms with Crippen LogP contribution < -0.4 is 0 Å². The Morgan fingerprint density at radius 2 is 1.92 bits per heavy atom. The highest BCUT2D eigenvalue weighted by Crippen LogP contribution is 2.14. The van der Waals surface area contributed by atoms with Crippen molar-refractivity contribution >= 4 is 11.7 Å². The smallest absolute Gasteiger partial charge is 0.344 e. The molecule has 0 aliphatic heterocycles. The minimum absolute atomic E-state index is 0.330. The summed E-state index contributed by atoms with van der Waals surface area (Å²) in [6.45, 7) is -0.330. The van der Waals surface area contributed by atoms with Crippen LogP contribution in [0.4, 0.5) is 0 Å². The lowest BCUT2D eigenvalue weighted by Gasteiger charge is -2.00. The first kappa shape index (κ1) is 10.0. The van der Waals surface area contributed by atoms with Crippen molar-refractivity contribution in [2.75, 3.05) is 6.61 Å². The van der Waals surface area contributed by atoms with Gasteiger partial charge in [-0.25, -0.2) is 4.79 Å². The molecule has 4 nitrogen and oxygen atoms in total. The maximum absolute atomic E-state index is 10.1. The lowest BCUT2D eigenvalue weighted by molar-refractivity contribution is -0.142.